The van der Waals surface area contributed by atoms with Gasteiger partial charge in [-0.25, -0.2) is 9.59 Å². The number of carbonyl (C=O) groups is 3. The average molecular weight is 382 g/mol. The molecule has 0 spiro atoms. The van der Waals surface area contributed by atoms with E-state index in [2.05, 4.69) is 23.3 Å². The van der Waals surface area contributed by atoms with Crippen LogP contribution in [0.5, 0.6) is 0 Å². The fourth-order valence-electron chi connectivity index (χ4n) is 2.20. The van der Waals surface area contributed by atoms with Crippen LogP contribution in [0.1, 0.15) is 25.8 Å². The van der Waals surface area contributed by atoms with Crippen molar-refractivity contribution in [2.45, 2.75) is 39.0 Å². The van der Waals surface area contributed by atoms with Gasteiger partial charge >= 0.3 is 12.1 Å². The van der Waals surface area contributed by atoms with Gasteiger partial charge in [0.15, 0.2) is 0 Å². The molecular weight excluding hydrogens is 356 g/mol. The van der Waals surface area contributed by atoms with Crippen molar-refractivity contribution >= 4 is 30.6 Å². The van der Waals surface area contributed by atoms with Gasteiger partial charge in [-0.05, 0) is 17.9 Å². The minimum absolute atomic E-state index is 0.0574. The van der Waals surface area contributed by atoms with E-state index < -0.39 is 30.1 Å². The molecule has 0 heterocycles. The lowest BCUT2D eigenvalue weighted by molar-refractivity contribution is -0.145. The summed E-state index contributed by atoms with van der Waals surface area (Å²) in [6, 6.07) is 7.47. The first-order chi connectivity index (χ1) is 12.4. The van der Waals surface area contributed by atoms with Crippen molar-refractivity contribution in [1.29, 1.82) is 0 Å². The molecule has 2 atom stereocenters. The fraction of sp³-hybridized carbons (Fsp3) is 0.500. The largest absolute Gasteiger partial charge is 0.467 e. The van der Waals surface area contributed by atoms with Crippen LogP contribution >= 0.6 is 12.6 Å². The van der Waals surface area contributed by atoms with Crippen LogP contribution in [0.2, 0.25) is 0 Å². The van der Waals surface area contributed by atoms with E-state index in [1.165, 1.54) is 7.11 Å². The maximum atomic E-state index is 12.4. The summed E-state index contributed by atoms with van der Waals surface area (Å²) in [6.07, 6.45) is -0.308. The van der Waals surface area contributed by atoms with Gasteiger partial charge in [0.1, 0.15) is 18.7 Å². The Morgan fingerprint density at radius 3 is 2.27 bits per heavy atom. The van der Waals surface area contributed by atoms with E-state index in [0.717, 1.165) is 5.56 Å². The molecule has 2 amide bonds. The molecular formula is C18H26N2O5S. The number of rotatable bonds is 9. The van der Waals surface area contributed by atoms with Gasteiger partial charge in [0.05, 0.1) is 7.11 Å². The number of nitrogens with one attached hydrogen (secondary N) is 2. The van der Waals surface area contributed by atoms with E-state index >= 15 is 0 Å². The zero-order chi connectivity index (χ0) is 19.5. The van der Waals surface area contributed by atoms with E-state index in [4.69, 9.17) is 9.47 Å². The number of hydrogen-bond donors (Lipinski definition) is 3. The van der Waals surface area contributed by atoms with Gasteiger partial charge in [0.2, 0.25) is 5.91 Å². The summed E-state index contributed by atoms with van der Waals surface area (Å²) in [6.45, 7) is 3.94. The molecule has 2 N–H and O–H groups in total. The molecule has 0 saturated carbocycles. The summed E-state index contributed by atoms with van der Waals surface area (Å²) in [5.41, 5.74) is 0.831. The van der Waals surface area contributed by atoms with Crippen LogP contribution in [0.15, 0.2) is 30.3 Å². The fourth-order valence-corrected chi connectivity index (χ4v) is 2.46. The summed E-state index contributed by atoms with van der Waals surface area (Å²) in [5.74, 6) is -0.816. The topological polar surface area (TPSA) is 93.7 Å². The molecule has 0 aliphatic carbocycles. The first kappa shape index (κ1) is 21.8. The summed E-state index contributed by atoms with van der Waals surface area (Å²) in [5, 5.41) is 5.05. The van der Waals surface area contributed by atoms with Crippen LogP contribution in [-0.4, -0.2) is 42.9 Å². The lowest BCUT2D eigenvalue weighted by atomic mass is 10.0. The second-order valence-electron chi connectivity index (χ2n) is 6.16. The first-order valence-corrected chi connectivity index (χ1v) is 8.96. The van der Waals surface area contributed by atoms with Gasteiger partial charge in [0.25, 0.3) is 0 Å². The summed E-state index contributed by atoms with van der Waals surface area (Å²) in [7, 11) is 1.26. The van der Waals surface area contributed by atoms with E-state index in [0.29, 0.717) is 6.42 Å². The number of esters is 1. The van der Waals surface area contributed by atoms with Gasteiger partial charge in [-0.15, -0.1) is 0 Å². The van der Waals surface area contributed by atoms with E-state index in [-0.39, 0.29) is 18.3 Å². The summed E-state index contributed by atoms with van der Waals surface area (Å²) >= 11 is 4.09. The van der Waals surface area contributed by atoms with Crippen LogP contribution in [-0.2, 0) is 25.7 Å². The third-order valence-corrected chi connectivity index (χ3v) is 3.88. The van der Waals surface area contributed by atoms with Crippen LogP contribution in [0.25, 0.3) is 0 Å². The van der Waals surface area contributed by atoms with Gasteiger partial charge in [-0.2, -0.15) is 12.6 Å². The minimum Gasteiger partial charge on any atom is -0.467 e. The Kier molecular flexibility index (Phi) is 9.57. The molecule has 8 heteroatoms. The zero-order valence-electron chi connectivity index (χ0n) is 15.2. The third-order valence-electron chi connectivity index (χ3n) is 3.51. The highest BCUT2D eigenvalue weighted by Crippen LogP contribution is 2.07. The smallest absolute Gasteiger partial charge is 0.408 e. The number of amides is 2. The Bertz CT molecular complexity index is 595. The molecule has 0 bridgehead atoms. The van der Waals surface area contributed by atoms with Crippen molar-refractivity contribution in [2.75, 3.05) is 12.9 Å². The molecule has 0 aromatic heterocycles. The van der Waals surface area contributed by atoms with Crippen LogP contribution < -0.4 is 10.6 Å². The molecule has 1 aromatic rings. The van der Waals surface area contributed by atoms with E-state index in [1.54, 1.807) is 0 Å². The van der Waals surface area contributed by atoms with Gasteiger partial charge in [0, 0.05) is 5.75 Å². The SMILES string of the molecule is COC(=O)[C@H](CC(C)C)NC(=O)[C@H](CS)NC(=O)OCc1ccccc1. The molecule has 1 aromatic carbocycles. The Morgan fingerprint density at radius 1 is 1.08 bits per heavy atom. The minimum atomic E-state index is -0.930. The second kappa shape index (κ2) is 11.4. The first-order valence-electron chi connectivity index (χ1n) is 8.33. The van der Waals surface area contributed by atoms with Gasteiger partial charge in [-0.3, -0.25) is 4.79 Å². The standard InChI is InChI=1S/C18H26N2O5S/c1-12(2)9-14(17(22)24-3)19-16(21)15(11-26)20-18(23)25-10-13-7-5-4-6-8-13/h4-8,12,14-15,26H,9-11H2,1-3H3,(H,19,21)(H,20,23)/t14-,15-/m0/s1. The van der Waals surface area contributed by atoms with Crippen molar-refractivity contribution < 1.29 is 23.9 Å². The Morgan fingerprint density at radius 2 is 1.73 bits per heavy atom. The van der Waals surface area contributed by atoms with Gasteiger partial charge in [-0.1, -0.05) is 44.2 Å². The van der Waals surface area contributed by atoms with Crippen LogP contribution in [0.4, 0.5) is 4.79 Å². The number of alkyl carbamates (subject to hydrolysis) is 1. The third kappa shape index (κ3) is 7.77. The maximum Gasteiger partial charge on any atom is 0.408 e. The molecule has 7 nitrogen and oxygen atoms in total. The molecule has 26 heavy (non-hydrogen) atoms. The molecule has 0 aliphatic rings. The molecule has 0 aliphatic heterocycles. The molecule has 0 saturated heterocycles. The highest BCUT2D eigenvalue weighted by atomic mass is 32.1. The predicted octanol–water partition coefficient (Wildman–Crippen LogP) is 1.92. The Labute approximate surface area is 159 Å². The normalized spacial score (nSPS) is 12.8. The number of benzene rings is 1. The number of hydrogen-bond acceptors (Lipinski definition) is 6. The molecule has 1 rings (SSSR count). The van der Waals surface area contributed by atoms with Crippen molar-refractivity contribution in [3.63, 3.8) is 0 Å². The Balaban J connectivity index is 2.57. The molecule has 0 radical (unpaired) electrons. The monoisotopic (exact) mass is 382 g/mol. The van der Waals surface area contributed by atoms with E-state index in [9.17, 15) is 14.4 Å². The van der Waals surface area contributed by atoms with Crippen molar-refractivity contribution in [3.8, 4) is 0 Å². The lowest BCUT2D eigenvalue weighted by Crippen LogP contribution is -2.53. The average Bonchev–Trinajstić information content (AvgIpc) is 2.63. The highest BCUT2D eigenvalue weighted by molar-refractivity contribution is 7.80. The quantitative estimate of drug-likeness (QED) is 0.448. The lowest BCUT2D eigenvalue weighted by Gasteiger charge is -2.22. The highest BCUT2D eigenvalue weighted by Gasteiger charge is 2.27. The molecule has 0 fully saturated rings. The number of carbonyl (C=O) groups excluding carboxylic acids is 3. The number of ether oxygens (including phenoxy) is 2. The van der Waals surface area contributed by atoms with Crippen LogP contribution in [0, 0.1) is 5.92 Å². The van der Waals surface area contributed by atoms with Crippen molar-refractivity contribution in [2.24, 2.45) is 5.92 Å². The summed E-state index contributed by atoms with van der Waals surface area (Å²) in [4.78, 5) is 36.1. The van der Waals surface area contributed by atoms with E-state index in [1.807, 2.05) is 44.2 Å². The van der Waals surface area contributed by atoms with Crippen molar-refractivity contribution in [1.82, 2.24) is 10.6 Å². The Hall–Kier alpha value is -2.22. The second-order valence-corrected chi connectivity index (χ2v) is 6.52. The molecule has 0 unspecified atom stereocenters. The predicted molar refractivity (Wildman–Crippen MR) is 101 cm³/mol. The molecule has 144 valence electrons. The van der Waals surface area contributed by atoms with Crippen LogP contribution in [0.3, 0.4) is 0 Å². The summed E-state index contributed by atoms with van der Waals surface area (Å²) < 4.78 is 9.80. The zero-order valence-corrected chi connectivity index (χ0v) is 16.1. The number of thiol groups is 1. The van der Waals surface area contributed by atoms with Crippen molar-refractivity contribution in [3.05, 3.63) is 35.9 Å². The maximum absolute atomic E-state index is 12.4. The van der Waals surface area contributed by atoms with Gasteiger partial charge < -0.3 is 20.1 Å². The number of methoxy groups -OCH3 is 1.